The molecule has 2 saturated heterocycles. The molecule has 2 aromatic carbocycles. The highest BCUT2D eigenvalue weighted by molar-refractivity contribution is 7.10. The van der Waals surface area contributed by atoms with Crippen molar-refractivity contribution in [2.24, 2.45) is 0 Å². The molecule has 0 unspecified atom stereocenters. The zero-order valence-electron chi connectivity index (χ0n) is 29.5. The van der Waals surface area contributed by atoms with Gasteiger partial charge in [-0.1, -0.05) is 35.2 Å². The van der Waals surface area contributed by atoms with E-state index in [1.54, 1.807) is 18.3 Å². The third-order valence-electron chi connectivity index (χ3n) is 10.8. The maximum absolute atomic E-state index is 15.1. The summed E-state index contributed by atoms with van der Waals surface area (Å²) in [7, 11) is 0. The van der Waals surface area contributed by atoms with Crippen LogP contribution in [0, 0.1) is 18.2 Å². The van der Waals surface area contributed by atoms with Crippen LogP contribution in [0.2, 0.25) is 10.0 Å². The van der Waals surface area contributed by atoms with Crippen LogP contribution in [0.5, 0.6) is 0 Å². The molecule has 0 radical (unpaired) electrons. The minimum absolute atomic E-state index is 0.0110. The summed E-state index contributed by atoms with van der Waals surface area (Å²) >= 11 is 14.9. The number of terminal acetylenes is 1. The third kappa shape index (κ3) is 6.82. The van der Waals surface area contributed by atoms with Crippen LogP contribution >= 0.6 is 34.5 Å². The van der Waals surface area contributed by atoms with E-state index in [2.05, 4.69) is 79.7 Å². The zero-order chi connectivity index (χ0) is 36.1. The molecule has 4 aromatic rings. The van der Waals surface area contributed by atoms with Crippen molar-refractivity contribution in [1.82, 2.24) is 30.8 Å². The lowest BCUT2D eigenvalue weighted by Gasteiger charge is -2.42. The molecule has 13 heteroatoms. The van der Waals surface area contributed by atoms with E-state index in [-0.39, 0.29) is 22.3 Å². The fourth-order valence-corrected chi connectivity index (χ4v) is 9.27. The number of piperidine rings is 1. The van der Waals surface area contributed by atoms with Crippen LogP contribution in [0.15, 0.2) is 53.8 Å². The van der Waals surface area contributed by atoms with Gasteiger partial charge in [-0.15, -0.1) is 23.3 Å². The molecule has 2 fully saturated rings. The fourth-order valence-electron chi connectivity index (χ4n) is 7.67. The number of ether oxygens (including phenoxy) is 1. The number of hydrogen-bond acceptors (Lipinski definition) is 10. The van der Waals surface area contributed by atoms with Crippen LogP contribution in [-0.2, 0) is 17.7 Å². The molecule has 1 atom stereocenters. The van der Waals surface area contributed by atoms with Crippen LogP contribution in [0.3, 0.4) is 0 Å². The monoisotopic (exact) mass is 760 g/mol. The number of halogens is 3. The Morgan fingerprint density at radius 3 is 2.65 bits per heavy atom. The van der Waals surface area contributed by atoms with Gasteiger partial charge in [0.2, 0.25) is 0 Å². The van der Waals surface area contributed by atoms with Crippen molar-refractivity contribution in [1.29, 1.82) is 0 Å². The molecule has 52 heavy (non-hydrogen) atoms. The molecule has 0 aliphatic carbocycles. The van der Waals surface area contributed by atoms with E-state index >= 15 is 4.39 Å². The van der Waals surface area contributed by atoms with Gasteiger partial charge >= 0.3 is 0 Å². The van der Waals surface area contributed by atoms with E-state index in [1.165, 1.54) is 22.1 Å². The summed E-state index contributed by atoms with van der Waals surface area (Å²) in [4.78, 5) is 11.1. The van der Waals surface area contributed by atoms with Gasteiger partial charge in [-0.3, -0.25) is 19.8 Å². The third-order valence-corrected chi connectivity index (χ3v) is 12.4. The molecule has 272 valence electrons. The highest BCUT2D eigenvalue weighted by Gasteiger charge is 2.35. The molecule has 9 nitrogen and oxygen atoms in total. The van der Waals surface area contributed by atoms with Gasteiger partial charge < -0.3 is 20.8 Å². The maximum Gasteiger partial charge on any atom is 0.165 e. The van der Waals surface area contributed by atoms with Crippen LogP contribution in [0.25, 0.3) is 10.9 Å². The number of nitrogens with one attached hydrogen (secondary N) is 4. The number of rotatable bonds is 8. The Balaban J connectivity index is 1.15. The topological polar surface area (TPSA) is 80.0 Å². The smallest absolute Gasteiger partial charge is 0.165 e. The first kappa shape index (κ1) is 35.4. The summed E-state index contributed by atoms with van der Waals surface area (Å²) in [5, 5.41) is 12.7. The second-order valence-corrected chi connectivity index (χ2v) is 16.7. The fraction of sp³-hybridized carbons (Fsp3) is 0.410. The number of hydrogen-bond donors (Lipinski definition) is 4. The van der Waals surface area contributed by atoms with Gasteiger partial charge in [-0.25, -0.2) is 4.39 Å². The molecule has 4 aliphatic heterocycles. The van der Waals surface area contributed by atoms with Crippen molar-refractivity contribution in [2.45, 2.75) is 70.2 Å². The van der Waals surface area contributed by atoms with Gasteiger partial charge in [0.15, 0.2) is 5.82 Å². The number of fused-ring (bicyclic) bond motifs is 2. The molecule has 8 rings (SSSR count). The van der Waals surface area contributed by atoms with E-state index < -0.39 is 5.82 Å². The number of anilines is 3. The quantitative estimate of drug-likeness (QED) is 0.135. The summed E-state index contributed by atoms with van der Waals surface area (Å²) in [6.45, 7) is 12.5. The molecule has 4 N–H and O–H groups in total. The van der Waals surface area contributed by atoms with Crippen LogP contribution in [0.4, 0.5) is 21.5 Å². The Morgan fingerprint density at radius 1 is 1.12 bits per heavy atom. The number of pyridine rings is 1. The largest absolute Gasteiger partial charge is 0.378 e. The van der Waals surface area contributed by atoms with Gasteiger partial charge in [0.25, 0.3) is 0 Å². The molecular formula is C39H43Cl2FN8OS. The normalized spacial score (nSPS) is 19.5. The minimum atomic E-state index is -0.566. The molecule has 0 saturated carbocycles. The maximum atomic E-state index is 15.1. The Labute approximate surface area is 318 Å². The van der Waals surface area contributed by atoms with E-state index in [0.717, 1.165) is 70.0 Å². The average molecular weight is 762 g/mol. The summed E-state index contributed by atoms with van der Waals surface area (Å²) in [6, 6.07) is 9.33. The average Bonchev–Trinajstić information content (AvgIpc) is 3.76. The SMILES string of the molecule is C#Cc1cnc2c(Cl)cc(N[C@H](C3=CN(C4CCN(C(C)(C)C)CC4)NN3)c3csc4c3CCN(C3COC3)C4)cc2c1Nc1cccc(Cl)c1F. The molecule has 6 heterocycles. The lowest BCUT2D eigenvalue weighted by atomic mass is 9.95. The van der Waals surface area contributed by atoms with Crippen LogP contribution in [-0.4, -0.2) is 70.3 Å². The number of likely N-dealkylation sites (tertiary alicyclic amines) is 1. The predicted octanol–water partition coefficient (Wildman–Crippen LogP) is 7.81. The van der Waals surface area contributed by atoms with Crippen LogP contribution < -0.4 is 21.6 Å². The second kappa shape index (κ2) is 14.3. The van der Waals surface area contributed by atoms with Crippen molar-refractivity contribution >= 4 is 62.5 Å². The molecular weight excluding hydrogens is 718 g/mol. The Kier molecular flexibility index (Phi) is 9.76. The first-order valence-corrected chi connectivity index (χ1v) is 19.4. The highest BCUT2D eigenvalue weighted by Crippen LogP contribution is 2.41. The van der Waals surface area contributed by atoms with Gasteiger partial charge in [-0.05, 0) is 80.8 Å². The zero-order valence-corrected chi connectivity index (χ0v) is 31.9. The number of hydrazine groups is 2. The summed E-state index contributed by atoms with van der Waals surface area (Å²) in [6.07, 6.45) is 12.8. The van der Waals surface area contributed by atoms with Gasteiger partial charge in [-0.2, -0.15) is 0 Å². The van der Waals surface area contributed by atoms with Gasteiger partial charge in [0.1, 0.15) is 0 Å². The number of aromatic nitrogens is 1. The Bertz CT molecular complexity index is 2060. The number of nitrogens with zero attached hydrogens (tertiary/aromatic N) is 4. The van der Waals surface area contributed by atoms with E-state index in [4.69, 9.17) is 34.4 Å². The van der Waals surface area contributed by atoms with Crippen molar-refractivity contribution in [3.63, 3.8) is 0 Å². The van der Waals surface area contributed by atoms with E-state index in [1.807, 2.05) is 23.5 Å². The summed E-state index contributed by atoms with van der Waals surface area (Å²) in [5.74, 6) is 2.13. The van der Waals surface area contributed by atoms with Crippen molar-refractivity contribution in [2.75, 3.05) is 43.5 Å². The van der Waals surface area contributed by atoms with E-state index in [9.17, 15) is 0 Å². The van der Waals surface area contributed by atoms with Gasteiger partial charge in [0.05, 0.1) is 63.5 Å². The van der Waals surface area contributed by atoms with E-state index in [0.29, 0.717) is 39.3 Å². The first-order valence-electron chi connectivity index (χ1n) is 17.8. The number of thiophene rings is 1. The second-order valence-electron chi connectivity index (χ2n) is 15.0. The highest BCUT2D eigenvalue weighted by atomic mass is 35.5. The first-order chi connectivity index (χ1) is 25.1. The summed E-state index contributed by atoms with van der Waals surface area (Å²) in [5.41, 5.74) is 13.3. The van der Waals surface area contributed by atoms with Crippen molar-refractivity contribution in [3.8, 4) is 12.3 Å². The lowest BCUT2D eigenvalue weighted by molar-refractivity contribution is -0.0691. The van der Waals surface area contributed by atoms with Crippen LogP contribution in [0.1, 0.15) is 61.2 Å². The Hall–Kier alpha value is -3.60. The Morgan fingerprint density at radius 2 is 1.92 bits per heavy atom. The molecule has 0 bridgehead atoms. The molecule has 0 amide bonds. The predicted molar refractivity (Wildman–Crippen MR) is 209 cm³/mol. The summed E-state index contributed by atoms with van der Waals surface area (Å²) < 4.78 is 20.6. The lowest BCUT2D eigenvalue weighted by Crippen LogP contribution is -2.52. The molecule has 0 spiro atoms. The van der Waals surface area contributed by atoms with Crippen molar-refractivity contribution in [3.05, 3.63) is 91.2 Å². The molecule has 2 aromatic heterocycles. The standard InChI is InChI=1S/C39H43Cl2FN8OS/c1-5-23-17-43-37-28(36(23)45-32-8-6-7-30(40)35(32)42)15-24(16-31(37)41)44-38(29-22-52-34-19-48(12-11-27(29)34)26-20-51-21-26)33-18-50(47-46-33)25-9-13-49(14-10-25)39(2,3)4/h1,6-8,15-18,22,25-26,38,44,46-47H,9-14,19-21H2,2-4H3,(H,43,45)/t38-/m0/s1. The number of benzene rings is 2. The van der Waals surface area contributed by atoms with Crippen molar-refractivity contribution < 1.29 is 9.13 Å². The minimum Gasteiger partial charge on any atom is -0.378 e. The molecule has 4 aliphatic rings. The van der Waals surface area contributed by atoms with Gasteiger partial charge in [0, 0.05) is 66.1 Å².